The van der Waals surface area contributed by atoms with Crippen LogP contribution in [0.2, 0.25) is 0 Å². The lowest BCUT2D eigenvalue weighted by molar-refractivity contribution is -0.889. The number of esters is 2. The zero-order valence-corrected chi connectivity index (χ0v) is 35.0. The molecule has 2 unspecified atom stereocenters. The fourth-order valence-corrected chi connectivity index (χ4v) is 4.94. The van der Waals surface area contributed by atoms with Crippen LogP contribution in [-0.2, 0) is 28.6 Å². The zero-order chi connectivity index (χ0) is 41.4. The highest BCUT2D eigenvalue weighted by atomic mass is 16.6. The Morgan fingerprint density at radius 3 is 1.36 bits per heavy atom. The number of carboxylic acid groups (broad SMARTS) is 1. The average Bonchev–Trinajstić information content (AvgIpc) is 3.15. The molecule has 0 aliphatic heterocycles. The monoisotopic (exact) mass is 774 g/mol. The van der Waals surface area contributed by atoms with E-state index in [1.165, 1.54) is 0 Å². The summed E-state index contributed by atoms with van der Waals surface area (Å²) in [4.78, 5) is 36.8. The van der Waals surface area contributed by atoms with Gasteiger partial charge in [-0.2, -0.15) is 0 Å². The minimum atomic E-state index is -1.15. The molecule has 0 aromatic heterocycles. The van der Waals surface area contributed by atoms with Crippen LogP contribution in [0, 0.1) is 0 Å². The molecule has 310 valence electrons. The molecule has 2 atom stereocenters. The molecule has 0 aliphatic carbocycles. The Morgan fingerprint density at radius 2 is 0.946 bits per heavy atom. The first-order valence-corrected chi connectivity index (χ1v) is 20.4. The van der Waals surface area contributed by atoms with Crippen molar-refractivity contribution in [1.82, 2.24) is 0 Å². The van der Waals surface area contributed by atoms with Crippen molar-refractivity contribution in [1.29, 1.82) is 0 Å². The Morgan fingerprint density at radius 1 is 0.536 bits per heavy atom. The average molecular weight is 774 g/mol. The number of likely N-dealkylation sites (N-methyl/N-ethyl adjacent to an activating group) is 1. The van der Waals surface area contributed by atoms with Crippen LogP contribution >= 0.6 is 0 Å². The minimum absolute atomic E-state index is 0.00240. The predicted molar refractivity (Wildman–Crippen MR) is 230 cm³/mol. The fraction of sp³-hybridized carbons (Fsp3) is 0.479. The fourth-order valence-electron chi connectivity index (χ4n) is 4.94. The molecule has 0 saturated heterocycles. The van der Waals surface area contributed by atoms with E-state index in [2.05, 4.69) is 38.2 Å². The Hall–Kier alpha value is -4.53. The van der Waals surface area contributed by atoms with E-state index in [1.54, 1.807) is 21.1 Å². The van der Waals surface area contributed by atoms with Crippen molar-refractivity contribution in [2.75, 3.05) is 41.0 Å². The summed E-state index contributed by atoms with van der Waals surface area (Å²) in [7, 11) is 5.35. The summed E-state index contributed by atoms with van der Waals surface area (Å²) >= 11 is 0. The van der Waals surface area contributed by atoms with E-state index < -0.39 is 18.1 Å². The van der Waals surface area contributed by atoms with E-state index in [0.717, 1.165) is 51.4 Å². The third-order valence-electron chi connectivity index (χ3n) is 8.07. The third-order valence-corrected chi connectivity index (χ3v) is 8.07. The number of quaternary nitrogens is 1. The number of nitrogens with zero attached hydrogens (tertiary/aromatic N) is 1. The van der Waals surface area contributed by atoms with Gasteiger partial charge in [0.2, 0.25) is 0 Å². The molecule has 0 saturated carbocycles. The van der Waals surface area contributed by atoms with Crippen molar-refractivity contribution >= 4 is 17.9 Å². The topological polar surface area (TPSA) is 102 Å². The van der Waals surface area contributed by atoms with Crippen molar-refractivity contribution in [3.63, 3.8) is 0 Å². The maximum atomic E-state index is 12.7. The molecule has 0 bridgehead atoms. The number of carboxylic acids is 1. The van der Waals surface area contributed by atoms with Gasteiger partial charge in [-0.05, 0) is 51.4 Å². The lowest BCUT2D eigenvalue weighted by atomic mass is 10.1. The number of rotatable bonds is 33. The number of unbranched alkanes of at least 4 members (excludes halogenated alkanes) is 6. The van der Waals surface area contributed by atoms with Gasteiger partial charge in [-0.3, -0.25) is 9.59 Å². The molecule has 0 aliphatic rings. The summed E-state index contributed by atoms with van der Waals surface area (Å²) in [5.41, 5.74) is 0. The van der Waals surface area contributed by atoms with Crippen molar-refractivity contribution < 1.29 is 38.2 Å². The van der Waals surface area contributed by atoms with Crippen molar-refractivity contribution in [2.45, 2.75) is 109 Å². The molecular formula is C48H71NO7. The highest BCUT2D eigenvalue weighted by Crippen LogP contribution is 2.11. The van der Waals surface area contributed by atoms with Crippen LogP contribution in [0.15, 0.2) is 134 Å². The van der Waals surface area contributed by atoms with Gasteiger partial charge in [0.05, 0.1) is 40.3 Å². The van der Waals surface area contributed by atoms with Crippen molar-refractivity contribution in [2.24, 2.45) is 0 Å². The molecule has 56 heavy (non-hydrogen) atoms. The highest BCUT2D eigenvalue weighted by molar-refractivity contribution is 5.70. The zero-order valence-electron chi connectivity index (χ0n) is 35.0. The number of hydrogen-bond acceptors (Lipinski definition) is 7. The Labute approximate surface area is 339 Å². The SMILES string of the molecule is CC/C=C/C=C/C=C/C=C/C=C/C=C/C=C/CCCCCC(=O)OC(COCCC(C(=O)[O-])[N+](C)(C)C)COC(=O)CCCCC/C=C/C=C/C=C/C=C/CC. The molecule has 0 rings (SSSR count). The van der Waals surface area contributed by atoms with Gasteiger partial charge in [0.15, 0.2) is 6.10 Å². The molecule has 0 aromatic rings. The molecule has 0 aromatic carbocycles. The summed E-state index contributed by atoms with van der Waals surface area (Å²) in [6, 6.07) is -0.750. The van der Waals surface area contributed by atoms with Gasteiger partial charge in [0.25, 0.3) is 0 Å². The van der Waals surface area contributed by atoms with Crippen LogP contribution in [0.4, 0.5) is 0 Å². The van der Waals surface area contributed by atoms with E-state index in [-0.39, 0.29) is 55.5 Å². The lowest BCUT2D eigenvalue weighted by Crippen LogP contribution is -2.55. The Kier molecular flexibility index (Phi) is 34.4. The van der Waals surface area contributed by atoms with E-state index in [9.17, 15) is 19.5 Å². The second-order valence-corrected chi connectivity index (χ2v) is 14.0. The summed E-state index contributed by atoms with van der Waals surface area (Å²) in [5, 5.41) is 11.6. The molecule has 0 fully saturated rings. The Bertz CT molecular complexity index is 1370. The maximum absolute atomic E-state index is 12.7. The molecule has 0 N–H and O–H groups in total. The number of allylic oxidation sites excluding steroid dienone is 22. The lowest BCUT2D eigenvalue weighted by Gasteiger charge is -2.34. The van der Waals surface area contributed by atoms with E-state index >= 15 is 0 Å². The quantitative estimate of drug-likeness (QED) is 0.0283. The van der Waals surface area contributed by atoms with Gasteiger partial charge in [0, 0.05) is 19.3 Å². The first kappa shape index (κ1) is 51.5. The molecule has 0 radical (unpaired) electrons. The van der Waals surface area contributed by atoms with Crippen molar-refractivity contribution in [3.8, 4) is 0 Å². The summed E-state index contributed by atoms with van der Waals surface area (Å²) in [5.74, 6) is -1.87. The largest absolute Gasteiger partial charge is 0.544 e. The summed E-state index contributed by atoms with van der Waals surface area (Å²) < 4.78 is 17.0. The second kappa shape index (κ2) is 37.4. The number of carbonyl (C=O) groups excluding carboxylic acids is 3. The molecule has 8 nitrogen and oxygen atoms in total. The smallest absolute Gasteiger partial charge is 0.306 e. The van der Waals surface area contributed by atoms with Gasteiger partial charge in [-0.25, -0.2) is 0 Å². The maximum Gasteiger partial charge on any atom is 0.306 e. The molecule has 0 amide bonds. The van der Waals surface area contributed by atoms with Gasteiger partial charge in [-0.15, -0.1) is 0 Å². The molecular weight excluding hydrogens is 703 g/mol. The summed E-state index contributed by atoms with van der Waals surface area (Å²) in [6.07, 6.45) is 53.3. The van der Waals surface area contributed by atoms with E-state index in [0.29, 0.717) is 12.8 Å². The normalized spacial score (nSPS) is 14.4. The predicted octanol–water partition coefficient (Wildman–Crippen LogP) is 9.51. The first-order chi connectivity index (χ1) is 27.1. The first-order valence-electron chi connectivity index (χ1n) is 20.4. The van der Waals surface area contributed by atoms with E-state index in [4.69, 9.17) is 14.2 Å². The molecule has 0 heterocycles. The van der Waals surface area contributed by atoms with Crippen LogP contribution in [0.1, 0.15) is 97.3 Å². The Balaban J connectivity index is 4.61. The van der Waals surface area contributed by atoms with Crippen molar-refractivity contribution in [3.05, 3.63) is 134 Å². The number of aliphatic carboxylic acids is 1. The van der Waals surface area contributed by atoms with Crippen LogP contribution in [0.3, 0.4) is 0 Å². The van der Waals surface area contributed by atoms with Crippen LogP contribution < -0.4 is 5.11 Å². The number of carbonyl (C=O) groups is 3. The van der Waals surface area contributed by atoms with Gasteiger partial charge >= 0.3 is 11.9 Å². The van der Waals surface area contributed by atoms with Gasteiger partial charge < -0.3 is 28.6 Å². The summed E-state index contributed by atoms with van der Waals surface area (Å²) in [6.45, 7) is 4.23. The van der Waals surface area contributed by atoms with Crippen LogP contribution in [-0.4, -0.2) is 75.5 Å². The van der Waals surface area contributed by atoms with E-state index in [1.807, 2.05) is 109 Å². The molecule has 0 spiro atoms. The van der Waals surface area contributed by atoms with Gasteiger partial charge in [-0.1, -0.05) is 160 Å². The van der Waals surface area contributed by atoms with Crippen LogP contribution in [0.5, 0.6) is 0 Å². The standard InChI is InChI=1S/C48H71NO7/c1-6-8-10-12-14-16-18-20-21-22-23-24-25-27-29-31-33-35-37-39-47(51)56-44(42-54-41-40-45(48(52)53)49(3,4)5)43-55-46(50)38-36-34-32-30-28-26-19-17-15-13-11-9-7-2/h8-29,44-45H,6-7,30-43H2,1-5H3/b10-8+,11-9+,14-12+,15-13+,18-16+,19-17+,21-20+,23-22+,25-24+,28-26+,29-27+. The van der Waals surface area contributed by atoms with Gasteiger partial charge in [0.1, 0.15) is 12.6 Å². The second-order valence-electron chi connectivity index (χ2n) is 14.0. The highest BCUT2D eigenvalue weighted by Gasteiger charge is 2.25. The third kappa shape index (κ3) is 35.2. The minimum Gasteiger partial charge on any atom is -0.544 e. The number of ether oxygens (including phenoxy) is 3. The van der Waals surface area contributed by atoms with Crippen LogP contribution in [0.25, 0.3) is 0 Å². The number of hydrogen-bond donors (Lipinski definition) is 0. The molecule has 8 heteroatoms.